The lowest BCUT2D eigenvalue weighted by Gasteiger charge is -2.28. The zero-order valence-corrected chi connectivity index (χ0v) is 14.7. The summed E-state index contributed by atoms with van der Waals surface area (Å²) in [6, 6.07) is 0. The van der Waals surface area contributed by atoms with Crippen molar-refractivity contribution in [3.63, 3.8) is 0 Å². The van der Waals surface area contributed by atoms with Crippen LogP contribution < -0.4 is 0 Å². The number of hydrogen-bond donors (Lipinski definition) is 2. The second kappa shape index (κ2) is 7.83. The standard InChI is InChI=1S/C21H30O2/c1-5-6-7-8-16-12-19(22)21(20(23)13-16)18-11-15(4)9-10-17(18)14(2)3/h10,12-13,15,19,22-23H,2,5-9,11H2,1,3-4H3. The molecule has 0 saturated carbocycles. The topological polar surface area (TPSA) is 40.5 Å². The van der Waals surface area contributed by atoms with Gasteiger partial charge in [0.1, 0.15) is 11.9 Å². The van der Waals surface area contributed by atoms with Crippen LogP contribution in [0, 0.1) is 5.92 Å². The predicted octanol–water partition coefficient (Wildman–Crippen LogP) is 5.54. The molecule has 0 fully saturated rings. The highest BCUT2D eigenvalue weighted by molar-refractivity contribution is 5.56. The first-order valence-corrected chi connectivity index (χ1v) is 8.83. The molecular formula is C21H30O2. The van der Waals surface area contributed by atoms with Gasteiger partial charge in [-0.25, -0.2) is 0 Å². The minimum Gasteiger partial charge on any atom is -0.508 e. The van der Waals surface area contributed by atoms with Gasteiger partial charge in [0, 0.05) is 5.57 Å². The molecule has 2 heteroatoms. The Hall–Kier alpha value is -1.54. The van der Waals surface area contributed by atoms with Crippen molar-refractivity contribution in [2.45, 2.75) is 65.4 Å². The van der Waals surface area contributed by atoms with Gasteiger partial charge in [-0.15, -0.1) is 0 Å². The quantitative estimate of drug-likeness (QED) is 0.654. The van der Waals surface area contributed by atoms with Gasteiger partial charge in [-0.05, 0) is 67.4 Å². The molecule has 0 spiro atoms. The SMILES string of the molecule is C=C(C)C1=CCC(C)CC1=C1C(O)=CC(CCCCC)=CC1O. The molecule has 0 aromatic heterocycles. The lowest BCUT2D eigenvalue weighted by molar-refractivity contribution is 0.242. The fourth-order valence-corrected chi connectivity index (χ4v) is 3.48. The zero-order valence-electron chi connectivity index (χ0n) is 14.7. The molecule has 0 aliphatic heterocycles. The molecule has 2 unspecified atom stereocenters. The van der Waals surface area contributed by atoms with Gasteiger partial charge in [0.05, 0.1) is 0 Å². The van der Waals surface area contributed by atoms with Gasteiger partial charge in [-0.3, -0.25) is 0 Å². The van der Waals surface area contributed by atoms with Gasteiger partial charge >= 0.3 is 0 Å². The van der Waals surface area contributed by atoms with Gasteiger partial charge in [0.2, 0.25) is 0 Å². The average molecular weight is 314 g/mol. The van der Waals surface area contributed by atoms with Gasteiger partial charge in [0.15, 0.2) is 0 Å². The molecule has 2 rings (SSSR count). The summed E-state index contributed by atoms with van der Waals surface area (Å²) in [6.07, 6.45) is 11.5. The molecule has 0 aromatic carbocycles. The summed E-state index contributed by atoms with van der Waals surface area (Å²) in [5, 5.41) is 21.2. The first-order valence-electron chi connectivity index (χ1n) is 8.83. The Labute approximate surface area is 140 Å². The third kappa shape index (κ3) is 4.26. The summed E-state index contributed by atoms with van der Waals surface area (Å²) >= 11 is 0. The molecule has 2 N–H and O–H groups in total. The second-order valence-corrected chi connectivity index (χ2v) is 7.01. The molecule has 0 saturated heterocycles. The number of rotatable bonds is 5. The van der Waals surface area contributed by atoms with Crippen LogP contribution in [0.15, 0.2) is 58.4 Å². The highest BCUT2D eigenvalue weighted by Crippen LogP contribution is 2.38. The van der Waals surface area contributed by atoms with E-state index in [-0.39, 0.29) is 5.76 Å². The summed E-state index contributed by atoms with van der Waals surface area (Å²) in [6.45, 7) is 10.4. The lowest BCUT2D eigenvalue weighted by atomic mass is 9.78. The molecule has 2 nitrogen and oxygen atoms in total. The van der Waals surface area contributed by atoms with Crippen LogP contribution in [-0.4, -0.2) is 16.3 Å². The smallest absolute Gasteiger partial charge is 0.122 e. The Morgan fingerprint density at radius 3 is 2.70 bits per heavy atom. The van der Waals surface area contributed by atoms with Crippen LogP contribution in [0.5, 0.6) is 0 Å². The monoisotopic (exact) mass is 314 g/mol. The number of allylic oxidation sites excluding steroid dienone is 6. The van der Waals surface area contributed by atoms with E-state index in [1.54, 1.807) is 0 Å². The van der Waals surface area contributed by atoms with E-state index in [4.69, 9.17) is 0 Å². The molecule has 0 amide bonds. The molecule has 2 atom stereocenters. The van der Waals surface area contributed by atoms with E-state index in [1.807, 2.05) is 19.1 Å². The van der Waals surface area contributed by atoms with Crippen LogP contribution in [0.2, 0.25) is 0 Å². The highest BCUT2D eigenvalue weighted by Gasteiger charge is 2.27. The third-order valence-electron chi connectivity index (χ3n) is 4.72. The van der Waals surface area contributed by atoms with Crippen molar-refractivity contribution in [2.24, 2.45) is 5.92 Å². The van der Waals surface area contributed by atoms with Crippen molar-refractivity contribution in [1.82, 2.24) is 0 Å². The highest BCUT2D eigenvalue weighted by atomic mass is 16.3. The largest absolute Gasteiger partial charge is 0.508 e. The Morgan fingerprint density at radius 2 is 2.09 bits per heavy atom. The van der Waals surface area contributed by atoms with Crippen molar-refractivity contribution in [1.29, 1.82) is 0 Å². The Bertz CT molecular complexity index is 587. The molecule has 0 radical (unpaired) electrons. The summed E-state index contributed by atoms with van der Waals surface area (Å²) < 4.78 is 0. The maximum absolute atomic E-state index is 10.6. The zero-order chi connectivity index (χ0) is 17.0. The molecule has 0 aromatic rings. The Morgan fingerprint density at radius 1 is 1.35 bits per heavy atom. The van der Waals surface area contributed by atoms with Crippen LogP contribution in [0.4, 0.5) is 0 Å². The summed E-state index contributed by atoms with van der Waals surface area (Å²) in [5.74, 6) is 0.748. The van der Waals surface area contributed by atoms with Gasteiger partial charge in [0.25, 0.3) is 0 Å². The minimum absolute atomic E-state index is 0.225. The number of hydrogen-bond acceptors (Lipinski definition) is 2. The maximum atomic E-state index is 10.6. The molecule has 2 aliphatic carbocycles. The van der Waals surface area contributed by atoms with Crippen LogP contribution in [-0.2, 0) is 0 Å². The summed E-state index contributed by atoms with van der Waals surface area (Å²) in [5.41, 5.74) is 4.86. The van der Waals surface area contributed by atoms with Gasteiger partial charge in [-0.2, -0.15) is 0 Å². The molecule has 0 bridgehead atoms. The number of unbranched alkanes of at least 4 members (excludes halogenated alkanes) is 2. The van der Waals surface area contributed by atoms with E-state index in [0.717, 1.165) is 48.0 Å². The minimum atomic E-state index is -0.723. The second-order valence-electron chi connectivity index (χ2n) is 7.01. The van der Waals surface area contributed by atoms with Crippen molar-refractivity contribution in [3.8, 4) is 0 Å². The van der Waals surface area contributed by atoms with E-state index in [0.29, 0.717) is 11.5 Å². The fraction of sp³-hybridized carbons (Fsp3) is 0.524. The first kappa shape index (κ1) is 17.8. The van der Waals surface area contributed by atoms with Gasteiger partial charge < -0.3 is 10.2 Å². The van der Waals surface area contributed by atoms with Gasteiger partial charge in [-0.1, -0.05) is 44.9 Å². The van der Waals surface area contributed by atoms with Crippen LogP contribution in [0.1, 0.15) is 59.3 Å². The Balaban J connectivity index is 2.32. The van der Waals surface area contributed by atoms with Crippen LogP contribution in [0.3, 0.4) is 0 Å². The van der Waals surface area contributed by atoms with Crippen molar-refractivity contribution >= 4 is 0 Å². The summed E-state index contributed by atoms with van der Waals surface area (Å²) in [4.78, 5) is 0. The maximum Gasteiger partial charge on any atom is 0.122 e. The van der Waals surface area contributed by atoms with Crippen LogP contribution in [0.25, 0.3) is 0 Å². The normalized spacial score (nSPS) is 28.1. The molecule has 2 aliphatic rings. The van der Waals surface area contributed by atoms with E-state index in [2.05, 4.69) is 26.5 Å². The summed E-state index contributed by atoms with van der Waals surface area (Å²) in [7, 11) is 0. The first-order chi connectivity index (χ1) is 10.9. The Kier molecular flexibility index (Phi) is 6.06. The van der Waals surface area contributed by atoms with Crippen molar-refractivity contribution in [2.75, 3.05) is 0 Å². The lowest BCUT2D eigenvalue weighted by Crippen LogP contribution is -2.20. The average Bonchev–Trinajstić information content (AvgIpc) is 2.46. The van der Waals surface area contributed by atoms with E-state index in [9.17, 15) is 10.2 Å². The predicted molar refractivity (Wildman–Crippen MR) is 97.3 cm³/mol. The van der Waals surface area contributed by atoms with Crippen molar-refractivity contribution < 1.29 is 10.2 Å². The van der Waals surface area contributed by atoms with E-state index < -0.39 is 6.10 Å². The molecule has 23 heavy (non-hydrogen) atoms. The molecule has 126 valence electrons. The van der Waals surface area contributed by atoms with Crippen molar-refractivity contribution in [3.05, 3.63) is 58.4 Å². The third-order valence-corrected chi connectivity index (χ3v) is 4.72. The van der Waals surface area contributed by atoms with E-state index >= 15 is 0 Å². The number of aliphatic hydroxyl groups is 2. The van der Waals surface area contributed by atoms with E-state index in [1.165, 1.54) is 12.8 Å². The van der Waals surface area contributed by atoms with Crippen LogP contribution >= 0.6 is 0 Å². The molecular weight excluding hydrogens is 284 g/mol. The number of aliphatic hydroxyl groups excluding tert-OH is 2. The molecule has 0 heterocycles. The fourth-order valence-electron chi connectivity index (χ4n) is 3.48.